The van der Waals surface area contributed by atoms with Crippen molar-refractivity contribution < 1.29 is 14.6 Å². The molecule has 0 amide bonds. The second-order valence-corrected chi connectivity index (χ2v) is 13.1. The number of hydrogen-bond donors (Lipinski definition) is 1. The van der Waals surface area contributed by atoms with E-state index in [1.807, 2.05) is 0 Å². The van der Waals surface area contributed by atoms with E-state index >= 15 is 0 Å². The largest absolute Gasteiger partial charge is 0.387 e. The van der Waals surface area contributed by atoms with Gasteiger partial charge in [-0.15, -0.1) is 0 Å². The molecule has 190 valence electrons. The number of ether oxygens (including phenoxy) is 1. The Bertz CT molecular complexity index is 1030. The van der Waals surface area contributed by atoms with Crippen molar-refractivity contribution in [3.8, 4) is 6.07 Å². The van der Waals surface area contributed by atoms with Crippen LogP contribution in [0.5, 0.6) is 0 Å². The average Bonchev–Trinajstić information content (AvgIpc) is 3.49. The molecule has 0 aliphatic heterocycles. The van der Waals surface area contributed by atoms with E-state index in [-0.39, 0.29) is 17.9 Å². The molecule has 6 nitrogen and oxygen atoms in total. The molecule has 8 atom stereocenters. The third-order valence-corrected chi connectivity index (χ3v) is 11.6. The molecule has 5 saturated carbocycles. The summed E-state index contributed by atoms with van der Waals surface area (Å²) >= 11 is 0. The monoisotopic (exact) mass is 479 g/mol. The highest BCUT2D eigenvalue weighted by atomic mass is 16.5. The molecule has 0 bridgehead atoms. The van der Waals surface area contributed by atoms with Crippen LogP contribution < -0.4 is 0 Å². The van der Waals surface area contributed by atoms with E-state index in [1.165, 1.54) is 38.5 Å². The lowest BCUT2D eigenvalue weighted by Gasteiger charge is -2.63. The van der Waals surface area contributed by atoms with E-state index in [2.05, 4.69) is 18.1 Å². The summed E-state index contributed by atoms with van der Waals surface area (Å²) < 4.78 is 7.08. The van der Waals surface area contributed by atoms with Gasteiger partial charge in [0, 0.05) is 19.2 Å². The smallest absolute Gasteiger partial charge is 0.157 e. The number of hydrogen-bond acceptors (Lipinski definition) is 5. The predicted octanol–water partition coefficient (Wildman–Crippen LogP) is 4.75. The van der Waals surface area contributed by atoms with Gasteiger partial charge < -0.3 is 9.84 Å². The molecule has 0 radical (unpaired) electrons. The first-order valence-electron chi connectivity index (χ1n) is 14.0. The molecule has 1 heterocycles. The number of nitriles is 1. The van der Waals surface area contributed by atoms with E-state index < -0.39 is 5.60 Å². The van der Waals surface area contributed by atoms with Gasteiger partial charge in [-0.05, 0) is 111 Å². The average molecular weight is 480 g/mol. The Balaban J connectivity index is 1.22. The summed E-state index contributed by atoms with van der Waals surface area (Å²) in [4.78, 5) is 13.5. The molecule has 5 aliphatic carbocycles. The fourth-order valence-corrected chi connectivity index (χ4v) is 10.2. The lowest BCUT2D eigenvalue weighted by Crippen LogP contribution is -2.58. The summed E-state index contributed by atoms with van der Waals surface area (Å²) in [7, 11) is 1.71. The minimum absolute atomic E-state index is 0.0898. The molecule has 5 fully saturated rings. The van der Waals surface area contributed by atoms with Crippen LogP contribution in [-0.2, 0) is 16.1 Å². The normalized spacial score (nSPS) is 44.7. The van der Waals surface area contributed by atoms with Gasteiger partial charge in [0.05, 0.1) is 30.5 Å². The Morgan fingerprint density at radius 2 is 1.94 bits per heavy atom. The van der Waals surface area contributed by atoms with Crippen LogP contribution in [0.4, 0.5) is 0 Å². The van der Waals surface area contributed by atoms with Gasteiger partial charge in [-0.25, -0.2) is 0 Å². The first kappa shape index (κ1) is 23.7. The number of ketones is 1. The number of aromatic nitrogens is 2. The number of fused-ring (bicyclic) bond motifs is 5. The third kappa shape index (κ3) is 3.63. The van der Waals surface area contributed by atoms with Gasteiger partial charge in [0.1, 0.15) is 6.07 Å². The zero-order chi connectivity index (χ0) is 24.4. The highest BCUT2D eigenvalue weighted by Crippen LogP contribution is 2.72. The van der Waals surface area contributed by atoms with Crippen LogP contribution in [0.2, 0.25) is 0 Å². The van der Waals surface area contributed by atoms with Gasteiger partial charge in [0.2, 0.25) is 0 Å². The van der Waals surface area contributed by atoms with E-state index in [9.17, 15) is 9.90 Å². The lowest BCUT2D eigenvalue weighted by atomic mass is 9.42. The van der Waals surface area contributed by atoms with Gasteiger partial charge >= 0.3 is 0 Å². The summed E-state index contributed by atoms with van der Waals surface area (Å²) in [5, 5.41) is 24.6. The van der Waals surface area contributed by atoms with Crippen LogP contribution in [0.3, 0.4) is 0 Å². The highest BCUT2D eigenvalue weighted by molar-refractivity contribution is 5.82. The van der Waals surface area contributed by atoms with Crippen molar-refractivity contribution in [1.82, 2.24) is 9.78 Å². The molecule has 5 aliphatic rings. The Morgan fingerprint density at radius 3 is 2.66 bits per heavy atom. The summed E-state index contributed by atoms with van der Waals surface area (Å²) in [6.45, 7) is 3.17. The Kier molecular flexibility index (Phi) is 5.69. The van der Waals surface area contributed by atoms with Crippen LogP contribution in [0.1, 0.15) is 83.1 Å². The molecule has 1 N–H and O–H groups in total. The fraction of sp³-hybridized carbons (Fsp3) is 0.828. The highest BCUT2D eigenvalue weighted by Gasteiger charge is 2.66. The van der Waals surface area contributed by atoms with Crippen LogP contribution in [0.15, 0.2) is 12.4 Å². The van der Waals surface area contributed by atoms with E-state index in [0.29, 0.717) is 35.2 Å². The maximum Gasteiger partial charge on any atom is 0.157 e. The molecule has 6 heteroatoms. The Labute approximate surface area is 209 Å². The number of carbonyl (C=O) groups is 1. The molecule has 0 spiro atoms. The standard InChI is InChI=1S/C29H41N3O3/c1-27-10-9-24-22(23(27)7-8-25(27)26(33)17-32-16-19(14-30)15-31-32)6-5-21-13-28(34,18-35-2)11-12-29(21,24)20-3-4-20/h15-16,20-25,34H,3-13,17-18H2,1-2H3/t21-,22?,23+,24+,25-,27+,28-,29-/m1/s1. The van der Waals surface area contributed by atoms with E-state index in [4.69, 9.17) is 10.00 Å². The van der Waals surface area contributed by atoms with Crippen LogP contribution >= 0.6 is 0 Å². The molecule has 6 rings (SSSR count). The molecular formula is C29H41N3O3. The molecule has 0 saturated heterocycles. The molecule has 35 heavy (non-hydrogen) atoms. The molecule has 1 aromatic rings. The number of methoxy groups -OCH3 is 1. The first-order valence-corrected chi connectivity index (χ1v) is 14.0. The maximum atomic E-state index is 13.5. The quantitative estimate of drug-likeness (QED) is 0.636. The van der Waals surface area contributed by atoms with E-state index in [1.54, 1.807) is 24.2 Å². The first-order chi connectivity index (χ1) is 16.8. The number of aliphatic hydroxyl groups is 1. The Hall–Kier alpha value is -1.71. The minimum Gasteiger partial charge on any atom is -0.387 e. The zero-order valence-corrected chi connectivity index (χ0v) is 21.4. The van der Waals surface area contributed by atoms with Crippen molar-refractivity contribution in [2.45, 2.75) is 89.7 Å². The second-order valence-electron chi connectivity index (χ2n) is 13.1. The summed E-state index contributed by atoms with van der Waals surface area (Å²) in [6.07, 6.45) is 16.0. The second kappa shape index (κ2) is 8.42. The summed E-state index contributed by atoms with van der Waals surface area (Å²) in [5.41, 5.74) is 0.374. The van der Waals surface area contributed by atoms with Crippen LogP contribution in [-0.4, -0.2) is 40.0 Å². The van der Waals surface area contributed by atoms with Crippen LogP contribution in [0.25, 0.3) is 0 Å². The fourth-order valence-electron chi connectivity index (χ4n) is 10.2. The molecule has 0 aromatic carbocycles. The Morgan fingerprint density at radius 1 is 1.14 bits per heavy atom. The van der Waals surface area contributed by atoms with Crippen molar-refractivity contribution in [2.75, 3.05) is 13.7 Å². The topological polar surface area (TPSA) is 88.1 Å². The van der Waals surface area contributed by atoms with Crippen molar-refractivity contribution in [3.05, 3.63) is 18.0 Å². The molecular weight excluding hydrogens is 438 g/mol. The summed E-state index contributed by atoms with van der Waals surface area (Å²) in [6, 6.07) is 2.11. The van der Waals surface area contributed by atoms with Crippen molar-refractivity contribution in [3.63, 3.8) is 0 Å². The minimum atomic E-state index is -0.642. The van der Waals surface area contributed by atoms with E-state index in [0.717, 1.165) is 49.9 Å². The number of carbonyl (C=O) groups excluding carboxylic acids is 1. The van der Waals surface area contributed by atoms with Gasteiger partial charge in [-0.2, -0.15) is 10.4 Å². The molecule has 1 unspecified atom stereocenters. The molecule has 1 aromatic heterocycles. The number of Topliss-reactive ketones (excluding diaryl/α,β-unsaturated/α-hetero) is 1. The number of nitrogens with zero attached hydrogens (tertiary/aromatic N) is 3. The lowest BCUT2D eigenvalue weighted by molar-refractivity contribution is -0.178. The summed E-state index contributed by atoms with van der Waals surface area (Å²) in [5.74, 6) is 4.01. The van der Waals surface area contributed by atoms with Gasteiger partial charge in [-0.3, -0.25) is 9.48 Å². The van der Waals surface area contributed by atoms with Gasteiger partial charge in [0.15, 0.2) is 5.78 Å². The maximum absolute atomic E-state index is 13.5. The predicted molar refractivity (Wildman–Crippen MR) is 131 cm³/mol. The van der Waals surface area contributed by atoms with Crippen molar-refractivity contribution >= 4 is 5.78 Å². The third-order valence-electron chi connectivity index (χ3n) is 11.6. The van der Waals surface area contributed by atoms with Crippen molar-refractivity contribution in [2.24, 2.45) is 46.3 Å². The zero-order valence-electron chi connectivity index (χ0n) is 21.4. The van der Waals surface area contributed by atoms with Crippen LogP contribution in [0, 0.1) is 57.7 Å². The number of rotatable bonds is 6. The SMILES string of the molecule is COC[C@@]1(O)CC[C@@]2(C3CC3)[C@H](CCC3[C@@H]4CC[C@H](C(=O)Cn5cc(C#N)cn5)[C@@]4(C)CC[C@@H]32)C1. The van der Waals surface area contributed by atoms with Crippen molar-refractivity contribution in [1.29, 1.82) is 5.26 Å². The van der Waals surface area contributed by atoms with Gasteiger partial charge in [0.25, 0.3) is 0 Å². The van der Waals surface area contributed by atoms with Gasteiger partial charge in [-0.1, -0.05) is 6.92 Å².